The monoisotopic (exact) mass is 357 g/mol. The Morgan fingerprint density at radius 2 is 1.33 bits per heavy atom. The van der Waals surface area contributed by atoms with E-state index in [0.717, 1.165) is 21.8 Å². The van der Waals surface area contributed by atoms with E-state index in [1.807, 2.05) is 78.9 Å². The molecule has 0 saturated heterocycles. The topological polar surface area (TPSA) is 46.6 Å². The van der Waals surface area contributed by atoms with E-state index in [-0.39, 0.29) is 12.5 Å². The van der Waals surface area contributed by atoms with Gasteiger partial charge in [0.1, 0.15) is 6.61 Å². The van der Waals surface area contributed by atoms with Gasteiger partial charge in [0.2, 0.25) is 0 Å². The zero-order valence-corrected chi connectivity index (χ0v) is 14.7. The highest BCUT2D eigenvalue weighted by atomic mass is 16.7. The highest BCUT2D eigenvalue weighted by Gasteiger charge is 2.39. The van der Waals surface area contributed by atoms with Crippen LogP contribution in [0.2, 0.25) is 0 Å². The van der Waals surface area contributed by atoms with E-state index in [9.17, 15) is 9.59 Å². The predicted molar refractivity (Wildman–Crippen MR) is 102 cm³/mol. The summed E-state index contributed by atoms with van der Waals surface area (Å²) in [5.74, 6) is -1.17. The van der Waals surface area contributed by atoms with E-state index in [0.29, 0.717) is 12.0 Å². The van der Waals surface area contributed by atoms with Crippen LogP contribution in [-0.4, -0.2) is 16.9 Å². The first-order chi connectivity index (χ1) is 13.2. The predicted octanol–water partition coefficient (Wildman–Crippen LogP) is 4.13. The van der Waals surface area contributed by atoms with E-state index in [1.54, 1.807) is 6.07 Å². The molecule has 3 aromatic carbocycles. The van der Waals surface area contributed by atoms with Crippen molar-refractivity contribution in [3.05, 3.63) is 107 Å². The van der Waals surface area contributed by atoms with E-state index < -0.39 is 11.8 Å². The summed E-state index contributed by atoms with van der Waals surface area (Å²) >= 11 is 0. The van der Waals surface area contributed by atoms with Crippen molar-refractivity contribution in [1.82, 2.24) is 5.06 Å². The van der Waals surface area contributed by atoms with Crippen LogP contribution in [0.1, 0.15) is 33.0 Å². The van der Waals surface area contributed by atoms with Crippen molar-refractivity contribution in [3.63, 3.8) is 0 Å². The molecule has 1 aliphatic rings. The molecule has 1 unspecified atom stereocenters. The molecule has 0 radical (unpaired) electrons. The molecular weight excluding hydrogens is 338 g/mol. The van der Waals surface area contributed by atoms with Gasteiger partial charge in [0.05, 0.1) is 5.92 Å². The molecule has 1 aliphatic heterocycles. The van der Waals surface area contributed by atoms with E-state index in [1.165, 1.54) is 0 Å². The minimum atomic E-state index is -0.447. The van der Waals surface area contributed by atoms with Crippen molar-refractivity contribution in [3.8, 4) is 0 Å². The second kappa shape index (κ2) is 7.56. The Kier molecular flexibility index (Phi) is 4.81. The smallest absolute Gasteiger partial charge is 0.271 e. The Balaban J connectivity index is 1.63. The third-order valence-corrected chi connectivity index (χ3v) is 4.74. The number of nitrogens with zero attached hydrogens (tertiary/aromatic N) is 1. The molecule has 4 rings (SSSR count). The molecular formula is C23H19NO3. The molecule has 0 N–H and O–H groups in total. The Morgan fingerprint density at radius 3 is 2.04 bits per heavy atom. The van der Waals surface area contributed by atoms with Crippen molar-refractivity contribution in [1.29, 1.82) is 0 Å². The summed E-state index contributed by atoms with van der Waals surface area (Å²) in [4.78, 5) is 31.6. The summed E-state index contributed by atoms with van der Waals surface area (Å²) in [6, 6.07) is 26.6. The average molecular weight is 357 g/mol. The van der Waals surface area contributed by atoms with Crippen LogP contribution in [0.3, 0.4) is 0 Å². The molecule has 4 nitrogen and oxygen atoms in total. The van der Waals surface area contributed by atoms with Crippen LogP contribution >= 0.6 is 0 Å². The molecule has 27 heavy (non-hydrogen) atoms. The minimum absolute atomic E-state index is 0.165. The number of carbonyl (C=O) groups excluding carboxylic acids is 2. The van der Waals surface area contributed by atoms with Gasteiger partial charge < -0.3 is 0 Å². The Hall–Kier alpha value is -3.24. The molecule has 1 atom stereocenters. The van der Waals surface area contributed by atoms with Gasteiger partial charge in [-0.1, -0.05) is 78.9 Å². The molecule has 0 bridgehead atoms. The van der Waals surface area contributed by atoms with Crippen molar-refractivity contribution >= 4 is 11.8 Å². The number of benzene rings is 3. The highest BCUT2D eigenvalue weighted by molar-refractivity contribution is 6.10. The number of fused-ring (bicyclic) bond motifs is 1. The van der Waals surface area contributed by atoms with E-state index in [2.05, 4.69) is 0 Å². The van der Waals surface area contributed by atoms with Crippen LogP contribution < -0.4 is 0 Å². The molecule has 1 heterocycles. The molecule has 2 amide bonds. The fraction of sp³-hybridized carbons (Fsp3) is 0.130. The minimum Gasteiger partial charge on any atom is -0.271 e. The van der Waals surface area contributed by atoms with Crippen LogP contribution in [0.4, 0.5) is 0 Å². The van der Waals surface area contributed by atoms with Gasteiger partial charge >= 0.3 is 0 Å². The normalized spacial score (nSPS) is 16.3. The molecule has 0 saturated carbocycles. The maximum absolute atomic E-state index is 13.1. The van der Waals surface area contributed by atoms with Crippen LogP contribution in [0, 0.1) is 0 Å². The second-order valence-corrected chi connectivity index (χ2v) is 6.53. The lowest BCUT2D eigenvalue weighted by atomic mass is 9.85. The van der Waals surface area contributed by atoms with Crippen LogP contribution in [0.5, 0.6) is 0 Å². The summed E-state index contributed by atoms with van der Waals surface area (Å²) in [5.41, 5.74) is 3.22. The van der Waals surface area contributed by atoms with Gasteiger partial charge in [0.25, 0.3) is 11.8 Å². The van der Waals surface area contributed by atoms with Gasteiger partial charge in [-0.15, -0.1) is 5.06 Å². The number of rotatable bonds is 5. The summed E-state index contributed by atoms with van der Waals surface area (Å²) in [6.45, 7) is 0.165. The van der Waals surface area contributed by atoms with Gasteiger partial charge in [0.15, 0.2) is 0 Å². The Bertz CT molecular complexity index is 954. The summed E-state index contributed by atoms with van der Waals surface area (Å²) < 4.78 is 0. The van der Waals surface area contributed by atoms with Crippen molar-refractivity contribution in [2.45, 2.75) is 18.9 Å². The Morgan fingerprint density at radius 1 is 0.741 bits per heavy atom. The maximum atomic E-state index is 13.1. The molecule has 134 valence electrons. The first kappa shape index (κ1) is 17.2. The summed E-state index contributed by atoms with van der Waals surface area (Å²) in [7, 11) is 0. The van der Waals surface area contributed by atoms with Crippen molar-refractivity contribution < 1.29 is 14.4 Å². The van der Waals surface area contributed by atoms with Crippen LogP contribution in [0.15, 0.2) is 84.9 Å². The van der Waals surface area contributed by atoms with E-state index >= 15 is 0 Å². The molecule has 0 aliphatic carbocycles. The van der Waals surface area contributed by atoms with Crippen molar-refractivity contribution in [2.24, 2.45) is 0 Å². The molecule has 0 fully saturated rings. The molecule has 0 spiro atoms. The third-order valence-electron chi connectivity index (χ3n) is 4.74. The second-order valence-electron chi connectivity index (χ2n) is 6.53. The van der Waals surface area contributed by atoms with Crippen molar-refractivity contribution in [2.75, 3.05) is 0 Å². The number of carbonyl (C=O) groups is 2. The molecule has 0 aromatic heterocycles. The SMILES string of the molecule is O=C1c2ccccc2C(Cc2ccccc2)C(=O)N1OCc1ccccc1. The summed E-state index contributed by atoms with van der Waals surface area (Å²) in [6.07, 6.45) is 0.523. The maximum Gasteiger partial charge on any atom is 0.285 e. The average Bonchev–Trinajstić information content (AvgIpc) is 2.72. The lowest BCUT2D eigenvalue weighted by Gasteiger charge is -2.31. The van der Waals surface area contributed by atoms with E-state index in [4.69, 9.17) is 4.84 Å². The Labute approximate surface area is 158 Å². The summed E-state index contributed by atoms with van der Waals surface area (Å²) in [5, 5.41) is 0.933. The number of hydrogen-bond donors (Lipinski definition) is 0. The number of hydrogen-bond acceptors (Lipinski definition) is 3. The quantitative estimate of drug-likeness (QED) is 0.645. The van der Waals surface area contributed by atoms with Gasteiger partial charge in [-0.3, -0.25) is 14.4 Å². The number of amides is 2. The highest BCUT2D eigenvalue weighted by Crippen LogP contribution is 2.32. The third kappa shape index (κ3) is 3.52. The first-order valence-corrected chi connectivity index (χ1v) is 8.92. The van der Waals surface area contributed by atoms with Gasteiger partial charge in [-0.25, -0.2) is 0 Å². The fourth-order valence-corrected chi connectivity index (χ4v) is 3.36. The molecule has 4 heteroatoms. The zero-order valence-electron chi connectivity index (χ0n) is 14.7. The number of hydroxylamine groups is 2. The first-order valence-electron chi connectivity index (χ1n) is 8.92. The number of imide groups is 1. The lowest BCUT2D eigenvalue weighted by molar-refractivity contribution is -0.176. The van der Waals surface area contributed by atoms with Gasteiger partial charge in [0, 0.05) is 5.56 Å². The standard InChI is InChI=1S/C23H19NO3/c25-22-20-14-8-7-13-19(20)21(15-17-9-3-1-4-10-17)23(26)24(22)27-16-18-11-5-2-6-12-18/h1-14,21H,15-16H2. The van der Waals surface area contributed by atoms with Gasteiger partial charge in [-0.2, -0.15) is 0 Å². The fourth-order valence-electron chi connectivity index (χ4n) is 3.36. The molecule has 3 aromatic rings. The van der Waals surface area contributed by atoms with Crippen LogP contribution in [-0.2, 0) is 22.7 Å². The lowest BCUT2D eigenvalue weighted by Crippen LogP contribution is -2.45. The van der Waals surface area contributed by atoms with Crippen LogP contribution in [0.25, 0.3) is 0 Å². The largest absolute Gasteiger partial charge is 0.285 e. The van der Waals surface area contributed by atoms with Gasteiger partial charge in [-0.05, 0) is 29.2 Å². The zero-order chi connectivity index (χ0) is 18.6.